The van der Waals surface area contributed by atoms with Crippen LogP contribution in [0.25, 0.3) is 0 Å². The molecule has 108 valence electrons. The molecule has 0 spiro atoms. The van der Waals surface area contributed by atoms with Crippen molar-refractivity contribution in [2.45, 2.75) is 6.92 Å². The summed E-state index contributed by atoms with van der Waals surface area (Å²) >= 11 is 0. The first-order valence-electron chi connectivity index (χ1n) is 5.99. The Morgan fingerprint density at radius 1 is 1.35 bits per heavy atom. The van der Waals surface area contributed by atoms with Crippen LogP contribution < -0.4 is 10.6 Å². The molecule has 20 heavy (non-hydrogen) atoms. The molecule has 1 rings (SSSR count). The number of anilines is 1. The van der Waals surface area contributed by atoms with E-state index in [0.717, 1.165) is 4.90 Å². The summed E-state index contributed by atoms with van der Waals surface area (Å²) in [7, 11) is 0. The molecule has 0 unspecified atom stereocenters. The van der Waals surface area contributed by atoms with Crippen molar-refractivity contribution in [2.75, 3.05) is 24.6 Å². The zero-order valence-corrected chi connectivity index (χ0v) is 11.0. The number of rotatable bonds is 6. The highest BCUT2D eigenvalue weighted by atomic mass is 16.5. The van der Waals surface area contributed by atoms with Crippen LogP contribution in [0.1, 0.15) is 17.3 Å². The minimum absolute atomic E-state index is 0.226. The van der Waals surface area contributed by atoms with E-state index in [-0.39, 0.29) is 24.4 Å². The van der Waals surface area contributed by atoms with Crippen molar-refractivity contribution in [1.29, 1.82) is 0 Å². The molecular weight excluding hydrogens is 264 g/mol. The maximum absolute atomic E-state index is 11.7. The van der Waals surface area contributed by atoms with Gasteiger partial charge in [0.25, 0.3) is 0 Å². The second kappa shape index (κ2) is 7.25. The number of ether oxygens (including phenoxy) is 1. The first-order chi connectivity index (χ1) is 9.49. The highest BCUT2D eigenvalue weighted by Gasteiger charge is 2.18. The molecule has 0 aliphatic carbocycles. The van der Waals surface area contributed by atoms with Crippen molar-refractivity contribution in [2.24, 2.45) is 5.73 Å². The van der Waals surface area contributed by atoms with Crippen LogP contribution in [0.5, 0.6) is 0 Å². The second-order valence-electron chi connectivity index (χ2n) is 3.85. The number of carbonyl (C=O) groups excluding carboxylic acids is 2. The van der Waals surface area contributed by atoms with Crippen LogP contribution >= 0.6 is 0 Å². The summed E-state index contributed by atoms with van der Waals surface area (Å²) in [6, 6.07) is 5.99. The maximum atomic E-state index is 11.7. The van der Waals surface area contributed by atoms with Crippen LogP contribution in [0.3, 0.4) is 0 Å². The van der Waals surface area contributed by atoms with Crippen molar-refractivity contribution in [1.82, 2.24) is 0 Å². The third-order valence-corrected chi connectivity index (χ3v) is 2.44. The summed E-state index contributed by atoms with van der Waals surface area (Å²) in [5, 5.41) is 8.83. The second-order valence-corrected chi connectivity index (χ2v) is 3.85. The quantitative estimate of drug-likeness (QED) is 0.722. The van der Waals surface area contributed by atoms with Gasteiger partial charge in [-0.25, -0.2) is 4.79 Å². The molecule has 7 nitrogen and oxygen atoms in total. The number of carboxylic acids is 1. The summed E-state index contributed by atoms with van der Waals surface area (Å²) in [6.45, 7) is 1.05. The van der Waals surface area contributed by atoms with Crippen LogP contribution in [0.2, 0.25) is 0 Å². The third-order valence-electron chi connectivity index (χ3n) is 2.44. The molecule has 0 atom stereocenters. The SMILES string of the molecule is CCOC(=O)c1cccc(N(CC(=O)O)C(=O)CN)c1. The molecule has 0 fully saturated rings. The van der Waals surface area contributed by atoms with Gasteiger partial charge in [-0.05, 0) is 25.1 Å². The van der Waals surface area contributed by atoms with E-state index >= 15 is 0 Å². The number of carbonyl (C=O) groups is 3. The average molecular weight is 280 g/mol. The Kier molecular flexibility index (Phi) is 5.67. The number of hydrogen-bond acceptors (Lipinski definition) is 5. The number of aliphatic carboxylic acids is 1. The number of carboxylic acid groups (broad SMARTS) is 1. The fourth-order valence-electron chi connectivity index (χ4n) is 1.58. The first-order valence-corrected chi connectivity index (χ1v) is 5.99. The molecule has 0 radical (unpaired) electrons. The van der Waals surface area contributed by atoms with Crippen molar-refractivity contribution in [3.63, 3.8) is 0 Å². The summed E-state index contributed by atoms with van der Waals surface area (Å²) in [4.78, 5) is 35.1. The van der Waals surface area contributed by atoms with Gasteiger partial charge >= 0.3 is 11.9 Å². The Bertz CT molecular complexity index is 515. The van der Waals surface area contributed by atoms with Crippen LogP contribution in [-0.2, 0) is 14.3 Å². The van der Waals surface area contributed by atoms with Gasteiger partial charge in [-0.15, -0.1) is 0 Å². The molecule has 3 N–H and O–H groups in total. The molecule has 1 aromatic rings. The summed E-state index contributed by atoms with van der Waals surface area (Å²) in [5.74, 6) is -2.26. The fraction of sp³-hybridized carbons (Fsp3) is 0.308. The fourth-order valence-corrected chi connectivity index (χ4v) is 1.58. The maximum Gasteiger partial charge on any atom is 0.338 e. The standard InChI is InChI=1S/C13H16N2O5/c1-2-20-13(19)9-4-3-5-10(6-9)15(8-12(17)18)11(16)7-14/h3-6H,2,7-8,14H2,1H3,(H,17,18). The molecule has 0 heterocycles. The molecule has 1 aromatic carbocycles. The lowest BCUT2D eigenvalue weighted by molar-refractivity contribution is -0.136. The Balaban J connectivity index is 3.07. The molecule has 7 heteroatoms. The largest absolute Gasteiger partial charge is 0.480 e. The predicted molar refractivity (Wildman–Crippen MR) is 71.4 cm³/mol. The topological polar surface area (TPSA) is 110 Å². The van der Waals surface area contributed by atoms with Crippen molar-refractivity contribution >= 4 is 23.5 Å². The molecule has 0 saturated heterocycles. The molecule has 0 bridgehead atoms. The minimum atomic E-state index is -1.17. The van der Waals surface area contributed by atoms with E-state index in [1.807, 2.05) is 0 Å². The van der Waals surface area contributed by atoms with Gasteiger partial charge in [0.1, 0.15) is 6.54 Å². The van der Waals surface area contributed by atoms with E-state index in [1.54, 1.807) is 13.0 Å². The van der Waals surface area contributed by atoms with Gasteiger partial charge in [-0.1, -0.05) is 6.07 Å². The number of amides is 1. The Hall–Kier alpha value is -2.41. The predicted octanol–water partition coefficient (Wildman–Crippen LogP) is 0.240. The number of nitrogens with two attached hydrogens (primary N) is 1. The molecule has 0 aromatic heterocycles. The normalized spacial score (nSPS) is 9.90. The molecular formula is C13H16N2O5. The van der Waals surface area contributed by atoms with E-state index < -0.39 is 24.4 Å². The highest BCUT2D eigenvalue weighted by molar-refractivity contribution is 5.99. The van der Waals surface area contributed by atoms with Gasteiger partial charge in [-0.3, -0.25) is 9.59 Å². The number of hydrogen-bond donors (Lipinski definition) is 2. The van der Waals surface area contributed by atoms with Gasteiger partial charge in [0.15, 0.2) is 0 Å². The van der Waals surface area contributed by atoms with E-state index in [2.05, 4.69) is 0 Å². The van der Waals surface area contributed by atoms with Gasteiger partial charge in [-0.2, -0.15) is 0 Å². The average Bonchev–Trinajstić information content (AvgIpc) is 2.44. The van der Waals surface area contributed by atoms with E-state index in [0.29, 0.717) is 0 Å². The highest BCUT2D eigenvalue weighted by Crippen LogP contribution is 2.17. The third kappa shape index (κ3) is 4.06. The Labute approximate surface area is 115 Å². The number of benzene rings is 1. The molecule has 1 amide bonds. The van der Waals surface area contributed by atoms with E-state index in [1.165, 1.54) is 18.2 Å². The Morgan fingerprint density at radius 3 is 2.60 bits per heavy atom. The number of esters is 1. The summed E-state index contributed by atoms with van der Waals surface area (Å²) < 4.78 is 4.85. The van der Waals surface area contributed by atoms with Crippen LogP contribution in [0, 0.1) is 0 Å². The number of nitrogens with zero attached hydrogens (tertiary/aromatic N) is 1. The summed E-state index contributed by atoms with van der Waals surface area (Å²) in [6.07, 6.45) is 0. The molecule has 0 aliphatic rings. The lowest BCUT2D eigenvalue weighted by Gasteiger charge is -2.20. The monoisotopic (exact) mass is 280 g/mol. The molecule has 0 saturated carbocycles. The van der Waals surface area contributed by atoms with E-state index in [4.69, 9.17) is 15.6 Å². The van der Waals surface area contributed by atoms with Gasteiger partial charge in [0.05, 0.1) is 18.7 Å². The zero-order chi connectivity index (χ0) is 15.1. The van der Waals surface area contributed by atoms with Crippen LogP contribution in [-0.4, -0.2) is 42.6 Å². The van der Waals surface area contributed by atoms with Gasteiger partial charge in [0, 0.05) is 5.69 Å². The van der Waals surface area contributed by atoms with Gasteiger partial charge in [0.2, 0.25) is 5.91 Å². The van der Waals surface area contributed by atoms with Crippen molar-refractivity contribution in [3.8, 4) is 0 Å². The molecule has 0 aliphatic heterocycles. The summed E-state index contributed by atoms with van der Waals surface area (Å²) in [5.41, 5.74) is 5.78. The van der Waals surface area contributed by atoms with Crippen molar-refractivity contribution < 1.29 is 24.2 Å². The van der Waals surface area contributed by atoms with Crippen molar-refractivity contribution in [3.05, 3.63) is 29.8 Å². The smallest absolute Gasteiger partial charge is 0.338 e. The van der Waals surface area contributed by atoms with E-state index in [9.17, 15) is 14.4 Å². The lowest BCUT2D eigenvalue weighted by Crippen LogP contribution is -2.39. The van der Waals surface area contributed by atoms with Crippen LogP contribution in [0.15, 0.2) is 24.3 Å². The van der Waals surface area contributed by atoms with Gasteiger partial charge < -0.3 is 20.5 Å². The first kappa shape index (κ1) is 15.6. The lowest BCUT2D eigenvalue weighted by atomic mass is 10.2. The minimum Gasteiger partial charge on any atom is -0.480 e. The van der Waals surface area contributed by atoms with Crippen LogP contribution in [0.4, 0.5) is 5.69 Å². The zero-order valence-electron chi connectivity index (χ0n) is 11.0. The Morgan fingerprint density at radius 2 is 2.05 bits per heavy atom.